The summed E-state index contributed by atoms with van der Waals surface area (Å²) in [4.78, 5) is 13.7. The van der Waals surface area contributed by atoms with E-state index in [1.54, 1.807) is 0 Å². The van der Waals surface area contributed by atoms with Crippen molar-refractivity contribution in [3.8, 4) is 0 Å². The Morgan fingerprint density at radius 1 is 1.39 bits per heavy atom. The SMILES string of the molecule is CCOC(NC(CCCCNC(=N)CF)C(=O)N(C)c1nnn[nH]1)C(F)(F)F. The summed E-state index contributed by atoms with van der Waals surface area (Å²) >= 11 is 0. The molecule has 0 saturated carbocycles. The van der Waals surface area contributed by atoms with Crippen molar-refractivity contribution in [2.75, 3.05) is 31.8 Å². The van der Waals surface area contributed by atoms with Crippen molar-refractivity contribution >= 4 is 17.7 Å². The van der Waals surface area contributed by atoms with Crippen LogP contribution in [0, 0.1) is 5.41 Å². The minimum atomic E-state index is -4.71. The van der Waals surface area contributed by atoms with Crippen LogP contribution in [0.15, 0.2) is 0 Å². The fraction of sp³-hybridized carbons (Fsp3) is 0.786. The number of amides is 1. The number of rotatable bonds is 12. The van der Waals surface area contributed by atoms with E-state index >= 15 is 0 Å². The Morgan fingerprint density at radius 2 is 2.11 bits per heavy atom. The largest absolute Gasteiger partial charge is 0.428 e. The third-order valence-electron chi connectivity index (χ3n) is 3.66. The maximum atomic E-state index is 13.2. The Bertz CT molecular complexity index is 599. The molecule has 0 aliphatic rings. The average Bonchev–Trinajstić information content (AvgIpc) is 3.18. The van der Waals surface area contributed by atoms with Crippen molar-refractivity contribution < 1.29 is 27.1 Å². The number of H-pyrrole nitrogens is 1. The number of unbranched alkanes of at least 4 members (excludes halogenated alkanes) is 1. The number of halogens is 4. The number of ether oxygens (including phenoxy) is 1. The normalized spacial score (nSPS) is 13.8. The van der Waals surface area contributed by atoms with Crippen molar-refractivity contribution in [3.63, 3.8) is 0 Å². The van der Waals surface area contributed by atoms with Crippen molar-refractivity contribution in [3.05, 3.63) is 0 Å². The first-order chi connectivity index (χ1) is 13.2. The van der Waals surface area contributed by atoms with Crippen LogP contribution in [0.4, 0.5) is 23.5 Å². The third-order valence-corrected chi connectivity index (χ3v) is 3.66. The number of amidine groups is 1. The van der Waals surface area contributed by atoms with Crippen molar-refractivity contribution in [2.24, 2.45) is 0 Å². The Hall–Kier alpha value is -2.35. The number of carbonyl (C=O) groups is 1. The molecule has 0 aliphatic carbocycles. The summed E-state index contributed by atoms with van der Waals surface area (Å²) in [6, 6.07) is -1.23. The first-order valence-electron chi connectivity index (χ1n) is 8.53. The molecule has 0 spiro atoms. The predicted octanol–water partition coefficient (Wildman–Crippen LogP) is 0.752. The molecule has 0 aromatic carbocycles. The molecule has 1 rings (SSSR count). The number of alkyl halides is 4. The van der Waals surface area contributed by atoms with Crippen LogP contribution in [-0.4, -0.2) is 77.7 Å². The molecule has 28 heavy (non-hydrogen) atoms. The number of anilines is 1. The minimum absolute atomic E-state index is 0.0187. The van der Waals surface area contributed by atoms with Gasteiger partial charge >= 0.3 is 6.18 Å². The van der Waals surface area contributed by atoms with Gasteiger partial charge < -0.3 is 10.1 Å². The van der Waals surface area contributed by atoms with Gasteiger partial charge in [-0.15, -0.1) is 0 Å². The fourth-order valence-corrected chi connectivity index (χ4v) is 2.26. The van der Waals surface area contributed by atoms with Gasteiger partial charge in [0.1, 0.15) is 12.5 Å². The molecule has 0 saturated heterocycles. The summed E-state index contributed by atoms with van der Waals surface area (Å²) in [6.45, 7) is 0.546. The van der Waals surface area contributed by atoms with Crippen molar-refractivity contribution in [1.82, 2.24) is 31.3 Å². The highest BCUT2D eigenvalue weighted by molar-refractivity contribution is 5.95. The zero-order valence-corrected chi connectivity index (χ0v) is 15.5. The van der Waals surface area contributed by atoms with Crippen LogP contribution in [-0.2, 0) is 9.53 Å². The van der Waals surface area contributed by atoms with Crippen molar-refractivity contribution in [2.45, 2.75) is 44.6 Å². The lowest BCUT2D eigenvalue weighted by Gasteiger charge is -2.28. The molecular weight excluding hydrogens is 388 g/mol. The highest BCUT2D eigenvalue weighted by Gasteiger charge is 2.43. The molecule has 10 nitrogen and oxygen atoms in total. The van der Waals surface area contributed by atoms with Gasteiger partial charge in [-0.05, 0) is 36.6 Å². The fourth-order valence-electron chi connectivity index (χ4n) is 2.26. The molecule has 0 bridgehead atoms. The van der Waals surface area contributed by atoms with Gasteiger partial charge in [-0.25, -0.2) is 9.49 Å². The smallest absolute Gasteiger partial charge is 0.372 e. The maximum absolute atomic E-state index is 13.2. The van der Waals surface area contributed by atoms with E-state index in [1.807, 2.05) is 0 Å². The molecule has 2 unspecified atom stereocenters. The summed E-state index contributed by atoms with van der Waals surface area (Å²) in [7, 11) is 1.33. The van der Waals surface area contributed by atoms with Crippen LogP contribution in [0.5, 0.6) is 0 Å². The summed E-state index contributed by atoms with van der Waals surface area (Å²) in [5.74, 6) is -0.983. The highest BCUT2D eigenvalue weighted by Crippen LogP contribution is 2.22. The van der Waals surface area contributed by atoms with E-state index in [0.717, 1.165) is 4.90 Å². The second-order valence-electron chi connectivity index (χ2n) is 5.75. The van der Waals surface area contributed by atoms with Crippen LogP contribution in [0.2, 0.25) is 0 Å². The standard InChI is InChI=1S/C14H24F4N8O2/c1-3-28-12(14(16,17)18)21-9(6-4-5-7-20-10(19)8-15)11(27)26(2)13-22-24-25-23-13/h9,12,21H,3-8H2,1-2H3,(H2,19,20)(H,22,23,24,25). The van der Waals surface area contributed by atoms with E-state index < -0.39 is 31.0 Å². The number of carbonyl (C=O) groups excluding carboxylic acids is 1. The molecular formula is C14H24F4N8O2. The molecule has 4 N–H and O–H groups in total. The molecule has 14 heteroatoms. The van der Waals surface area contributed by atoms with Crippen LogP contribution < -0.4 is 15.5 Å². The van der Waals surface area contributed by atoms with Gasteiger partial charge in [0, 0.05) is 20.2 Å². The summed E-state index contributed by atoms with van der Waals surface area (Å²) in [5, 5.41) is 24.4. The molecule has 1 aromatic rings. The third kappa shape index (κ3) is 7.72. The van der Waals surface area contributed by atoms with Gasteiger partial charge in [-0.1, -0.05) is 5.10 Å². The van der Waals surface area contributed by atoms with E-state index in [1.165, 1.54) is 14.0 Å². The van der Waals surface area contributed by atoms with Crippen LogP contribution in [0.3, 0.4) is 0 Å². The lowest BCUT2D eigenvalue weighted by Crippen LogP contribution is -2.54. The Balaban J connectivity index is 2.77. The number of nitrogens with one attached hydrogen (secondary N) is 4. The maximum Gasteiger partial charge on any atom is 0.428 e. The number of aromatic nitrogens is 4. The summed E-state index contributed by atoms with van der Waals surface area (Å²) in [6.07, 6.45) is -6.21. The van der Waals surface area contributed by atoms with Gasteiger partial charge in [0.05, 0.1) is 6.04 Å². The number of hydrogen-bond acceptors (Lipinski definition) is 7. The van der Waals surface area contributed by atoms with E-state index in [9.17, 15) is 22.4 Å². The van der Waals surface area contributed by atoms with Gasteiger partial charge in [-0.2, -0.15) is 13.2 Å². The van der Waals surface area contributed by atoms with Crippen molar-refractivity contribution in [1.29, 1.82) is 5.41 Å². The number of hydrogen-bond donors (Lipinski definition) is 4. The van der Waals surface area contributed by atoms with Crippen LogP contribution >= 0.6 is 0 Å². The minimum Gasteiger partial charge on any atom is -0.372 e. The molecule has 1 aromatic heterocycles. The molecule has 1 amide bonds. The van der Waals surface area contributed by atoms with E-state index in [-0.39, 0.29) is 31.4 Å². The molecule has 2 atom stereocenters. The van der Waals surface area contributed by atoms with Gasteiger partial charge in [-0.3, -0.25) is 20.4 Å². The van der Waals surface area contributed by atoms with Gasteiger partial charge in [0.2, 0.25) is 18.1 Å². The number of likely N-dealkylation sites (N-methyl/N-ethyl adjacent to an activating group) is 1. The molecule has 160 valence electrons. The highest BCUT2D eigenvalue weighted by atomic mass is 19.4. The first-order valence-corrected chi connectivity index (χ1v) is 8.53. The van der Waals surface area contributed by atoms with E-state index in [0.29, 0.717) is 12.8 Å². The Kier molecular flexibility index (Phi) is 9.72. The zero-order valence-electron chi connectivity index (χ0n) is 15.5. The van der Waals surface area contributed by atoms with Gasteiger partial charge in [0.15, 0.2) is 0 Å². The Morgan fingerprint density at radius 3 is 2.64 bits per heavy atom. The molecule has 0 radical (unpaired) electrons. The van der Waals surface area contributed by atoms with E-state index in [4.69, 9.17) is 10.1 Å². The van der Waals surface area contributed by atoms with Gasteiger partial charge in [0.25, 0.3) is 0 Å². The van der Waals surface area contributed by atoms with Crippen LogP contribution in [0.1, 0.15) is 26.2 Å². The van der Waals surface area contributed by atoms with E-state index in [2.05, 4.69) is 31.3 Å². The second-order valence-corrected chi connectivity index (χ2v) is 5.75. The van der Waals surface area contributed by atoms with Crippen LogP contribution in [0.25, 0.3) is 0 Å². The second kappa shape index (κ2) is 11.5. The Labute approximate surface area is 158 Å². The monoisotopic (exact) mass is 412 g/mol. The number of nitrogens with zero attached hydrogens (tertiary/aromatic N) is 4. The average molecular weight is 412 g/mol. The topological polar surface area (TPSA) is 132 Å². The lowest BCUT2D eigenvalue weighted by atomic mass is 10.1. The number of tetrazole rings is 1. The molecule has 0 fully saturated rings. The number of aromatic amines is 1. The summed E-state index contributed by atoms with van der Waals surface area (Å²) in [5.41, 5.74) is 0. The molecule has 1 heterocycles. The summed E-state index contributed by atoms with van der Waals surface area (Å²) < 4.78 is 56.4. The molecule has 0 aliphatic heterocycles. The first kappa shape index (κ1) is 23.7. The lowest BCUT2D eigenvalue weighted by molar-refractivity contribution is -0.231. The quantitative estimate of drug-likeness (QED) is 0.131. The zero-order chi connectivity index (χ0) is 21.2. The predicted molar refractivity (Wildman–Crippen MR) is 91.5 cm³/mol.